The molecule has 9 heteroatoms. The summed E-state index contributed by atoms with van der Waals surface area (Å²) in [5.74, 6) is -0.0923. The number of anilines is 2. The normalized spacial score (nSPS) is 15.3. The lowest BCUT2D eigenvalue weighted by molar-refractivity contribution is 0.102. The molecule has 2 heterocycles. The SMILES string of the molecule is CCN(CC)c1ccc2cc(C(=O)Nc3ccc(S(=O)(=O)N4CCC(C)CC4)cc3)c(=O)oc2c1. The minimum atomic E-state index is -3.58. The number of benzene rings is 2. The van der Waals surface area contributed by atoms with Crippen LogP contribution in [0.4, 0.5) is 11.4 Å². The zero-order chi connectivity index (χ0) is 25.2. The Hall–Kier alpha value is -3.17. The molecule has 1 amide bonds. The maximum absolute atomic E-state index is 12.9. The summed E-state index contributed by atoms with van der Waals surface area (Å²) in [7, 11) is -3.58. The zero-order valence-corrected chi connectivity index (χ0v) is 21.1. The van der Waals surface area contributed by atoms with Gasteiger partial charge >= 0.3 is 5.63 Å². The molecule has 0 atom stereocenters. The molecular weight excluding hydrogens is 466 g/mol. The number of fused-ring (bicyclic) bond motifs is 1. The van der Waals surface area contributed by atoms with Crippen LogP contribution in [0, 0.1) is 5.92 Å². The molecule has 1 aliphatic heterocycles. The maximum atomic E-state index is 12.9. The van der Waals surface area contributed by atoms with Gasteiger partial charge in [-0.25, -0.2) is 13.2 Å². The van der Waals surface area contributed by atoms with E-state index >= 15 is 0 Å². The van der Waals surface area contributed by atoms with Crippen LogP contribution >= 0.6 is 0 Å². The smallest absolute Gasteiger partial charge is 0.349 e. The minimum Gasteiger partial charge on any atom is -0.422 e. The molecule has 2 aromatic carbocycles. The monoisotopic (exact) mass is 497 g/mol. The number of amides is 1. The Kier molecular flexibility index (Phi) is 7.28. The first-order chi connectivity index (χ1) is 16.7. The van der Waals surface area contributed by atoms with Crippen molar-refractivity contribution in [2.75, 3.05) is 36.4 Å². The second-order valence-electron chi connectivity index (χ2n) is 8.91. The van der Waals surface area contributed by atoms with Gasteiger partial charge in [0, 0.05) is 49.0 Å². The van der Waals surface area contributed by atoms with Crippen LogP contribution in [0.2, 0.25) is 0 Å². The Balaban J connectivity index is 1.51. The molecule has 1 aliphatic rings. The fraction of sp³-hybridized carbons (Fsp3) is 0.385. The Morgan fingerprint density at radius 1 is 1.06 bits per heavy atom. The molecular formula is C26H31N3O5S. The summed E-state index contributed by atoms with van der Waals surface area (Å²) in [4.78, 5) is 27.7. The van der Waals surface area contributed by atoms with Crippen molar-refractivity contribution in [2.45, 2.75) is 38.5 Å². The lowest BCUT2D eigenvalue weighted by Gasteiger charge is -2.29. The molecule has 35 heavy (non-hydrogen) atoms. The summed E-state index contributed by atoms with van der Waals surface area (Å²) < 4.78 is 32.8. The topological polar surface area (TPSA) is 99.9 Å². The van der Waals surface area contributed by atoms with E-state index in [1.165, 1.54) is 34.6 Å². The largest absolute Gasteiger partial charge is 0.422 e. The van der Waals surface area contributed by atoms with Gasteiger partial charge < -0.3 is 14.6 Å². The minimum absolute atomic E-state index is 0.118. The number of hydrogen-bond donors (Lipinski definition) is 1. The molecule has 8 nitrogen and oxygen atoms in total. The average molecular weight is 498 g/mol. The molecule has 0 bridgehead atoms. The van der Waals surface area contributed by atoms with E-state index in [2.05, 4.69) is 17.1 Å². The van der Waals surface area contributed by atoms with Crippen molar-refractivity contribution in [3.63, 3.8) is 0 Å². The Morgan fingerprint density at radius 2 is 1.71 bits per heavy atom. The van der Waals surface area contributed by atoms with Crippen molar-refractivity contribution < 1.29 is 17.6 Å². The van der Waals surface area contributed by atoms with Gasteiger partial charge in [-0.1, -0.05) is 6.92 Å². The van der Waals surface area contributed by atoms with E-state index in [1.54, 1.807) is 6.07 Å². The van der Waals surface area contributed by atoms with Crippen molar-refractivity contribution >= 4 is 38.3 Å². The van der Waals surface area contributed by atoms with Crippen LogP contribution in [0.5, 0.6) is 0 Å². The molecule has 1 N–H and O–H groups in total. The number of sulfonamides is 1. The van der Waals surface area contributed by atoms with Gasteiger partial charge in [-0.2, -0.15) is 4.31 Å². The van der Waals surface area contributed by atoms with E-state index in [0.717, 1.165) is 31.6 Å². The molecule has 3 aromatic rings. The van der Waals surface area contributed by atoms with Crippen molar-refractivity contribution in [3.05, 3.63) is 64.5 Å². The quantitative estimate of drug-likeness (QED) is 0.488. The summed E-state index contributed by atoms with van der Waals surface area (Å²) in [5.41, 5.74) is 0.893. The third kappa shape index (κ3) is 5.26. The van der Waals surface area contributed by atoms with Crippen molar-refractivity contribution in [1.82, 2.24) is 4.31 Å². The first kappa shape index (κ1) is 24.9. The highest BCUT2D eigenvalue weighted by molar-refractivity contribution is 7.89. The number of nitrogens with zero attached hydrogens (tertiary/aromatic N) is 2. The number of rotatable bonds is 7. The molecule has 0 aliphatic carbocycles. The van der Waals surface area contributed by atoms with Crippen LogP contribution in [-0.2, 0) is 10.0 Å². The van der Waals surface area contributed by atoms with Gasteiger partial charge in [0.05, 0.1) is 4.90 Å². The fourth-order valence-electron chi connectivity index (χ4n) is 4.33. The van der Waals surface area contributed by atoms with Gasteiger partial charge in [-0.3, -0.25) is 4.79 Å². The second kappa shape index (κ2) is 10.2. The first-order valence-corrected chi connectivity index (χ1v) is 13.4. The lowest BCUT2D eigenvalue weighted by Crippen LogP contribution is -2.37. The van der Waals surface area contributed by atoms with E-state index in [1.807, 2.05) is 26.0 Å². The zero-order valence-electron chi connectivity index (χ0n) is 20.3. The van der Waals surface area contributed by atoms with E-state index in [9.17, 15) is 18.0 Å². The molecule has 0 radical (unpaired) electrons. The number of piperidine rings is 1. The standard InChI is InChI=1S/C26H31N3O5S/c1-4-28(5-2)21-9-6-19-16-23(26(31)34-24(19)17-21)25(30)27-20-7-10-22(11-8-20)35(32,33)29-14-12-18(3)13-15-29/h6-11,16-18H,4-5,12-15H2,1-3H3,(H,27,30). The molecule has 0 saturated carbocycles. The maximum Gasteiger partial charge on any atom is 0.349 e. The number of hydrogen-bond acceptors (Lipinski definition) is 6. The molecule has 1 fully saturated rings. The molecule has 0 spiro atoms. The highest BCUT2D eigenvalue weighted by Crippen LogP contribution is 2.25. The van der Waals surface area contributed by atoms with Gasteiger partial charge in [-0.05, 0) is 75.1 Å². The van der Waals surface area contributed by atoms with Crippen LogP contribution in [0.25, 0.3) is 11.0 Å². The summed E-state index contributed by atoms with van der Waals surface area (Å²) in [6, 6.07) is 13.1. The van der Waals surface area contributed by atoms with Crippen LogP contribution in [0.15, 0.2) is 62.6 Å². The highest BCUT2D eigenvalue weighted by Gasteiger charge is 2.28. The van der Waals surface area contributed by atoms with Gasteiger partial charge in [0.15, 0.2) is 0 Å². The van der Waals surface area contributed by atoms with Crippen molar-refractivity contribution in [1.29, 1.82) is 0 Å². The predicted octanol–water partition coefficient (Wildman–Crippen LogP) is 4.31. The second-order valence-corrected chi connectivity index (χ2v) is 10.8. The Bertz CT molecular complexity index is 1370. The van der Waals surface area contributed by atoms with Gasteiger partial charge in [0.25, 0.3) is 5.91 Å². The number of nitrogens with one attached hydrogen (secondary N) is 1. The lowest BCUT2D eigenvalue weighted by atomic mass is 10.0. The summed E-state index contributed by atoms with van der Waals surface area (Å²) >= 11 is 0. The Morgan fingerprint density at radius 3 is 2.34 bits per heavy atom. The molecule has 186 valence electrons. The summed E-state index contributed by atoms with van der Waals surface area (Å²) in [6.07, 6.45) is 1.69. The van der Waals surface area contributed by atoms with Crippen molar-refractivity contribution in [3.8, 4) is 0 Å². The van der Waals surface area contributed by atoms with Crippen LogP contribution < -0.4 is 15.8 Å². The number of carbonyl (C=O) groups excluding carboxylic acids is 1. The van der Waals surface area contributed by atoms with Crippen LogP contribution in [-0.4, -0.2) is 44.8 Å². The first-order valence-electron chi connectivity index (χ1n) is 12.0. The number of carbonyl (C=O) groups is 1. The third-order valence-corrected chi connectivity index (χ3v) is 8.50. The van der Waals surface area contributed by atoms with Crippen molar-refractivity contribution in [2.24, 2.45) is 5.92 Å². The van der Waals surface area contributed by atoms with Crippen LogP contribution in [0.1, 0.15) is 44.0 Å². The van der Waals surface area contributed by atoms with E-state index in [0.29, 0.717) is 35.7 Å². The highest BCUT2D eigenvalue weighted by atomic mass is 32.2. The van der Waals surface area contributed by atoms with E-state index in [4.69, 9.17) is 4.42 Å². The fourth-order valence-corrected chi connectivity index (χ4v) is 5.80. The van der Waals surface area contributed by atoms with Gasteiger partial charge in [0.2, 0.25) is 10.0 Å². The molecule has 1 aromatic heterocycles. The van der Waals surface area contributed by atoms with Gasteiger partial charge in [0.1, 0.15) is 11.1 Å². The molecule has 1 saturated heterocycles. The summed E-state index contributed by atoms with van der Waals surface area (Å²) in [6.45, 7) is 8.89. The average Bonchev–Trinajstić information content (AvgIpc) is 2.85. The predicted molar refractivity (Wildman–Crippen MR) is 138 cm³/mol. The van der Waals surface area contributed by atoms with E-state index < -0.39 is 21.6 Å². The summed E-state index contributed by atoms with van der Waals surface area (Å²) in [5, 5.41) is 3.30. The third-order valence-electron chi connectivity index (χ3n) is 6.59. The molecule has 0 unspecified atom stereocenters. The van der Waals surface area contributed by atoms with Gasteiger partial charge in [-0.15, -0.1) is 0 Å². The Labute approximate surface area is 205 Å². The van der Waals surface area contributed by atoms with Crippen LogP contribution in [0.3, 0.4) is 0 Å². The molecule has 4 rings (SSSR count). The van der Waals surface area contributed by atoms with E-state index in [-0.39, 0.29) is 10.5 Å².